The summed E-state index contributed by atoms with van der Waals surface area (Å²) in [7, 11) is 0. The van der Waals surface area contributed by atoms with Gasteiger partial charge < -0.3 is 10.2 Å². The number of halogens is 1. The monoisotopic (exact) mass is 308 g/mol. The molecule has 2 nitrogen and oxygen atoms in total. The molecule has 1 fully saturated rings. The van der Waals surface area contributed by atoms with Crippen molar-refractivity contribution in [1.82, 2.24) is 5.32 Å². The SMILES string of the molecule is CC(C)C1CCCN1c1ccc(Cl)cc1CNC(C)(C)C. The van der Waals surface area contributed by atoms with Crippen molar-refractivity contribution in [3.63, 3.8) is 0 Å². The van der Waals surface area contributed by atoms with Crippen LogP contribution in [-0.4, -0.2) is 18.1 Å². The Morgan fingerprint density at radius 2 is 2.05 bits per heavy atom. The van der Waals surface area contributed by atoms with Crippen LogP contribution in [0.4, 0.5) is 5.69 Å². The lowest BCUT2D eigenvalue weighted by Gasteiger charge is -2.32. The maximum atomic E-state index is 6.23. The van der Waals surface area contributed by atoms with Crippen LogP contribution in [0.5, 0.6) is 0 Å². The topological polar surface area (TPSA) is 15.3 Å². The third-order valence-corrected chi connectivity index (χ3v) is 4.46. The molecule has 0 radical (unpaired) electrons. The van der Waals surface area contributed by atoms with Gasteiger partial charge in [0.25, 0.3) is 0 Å². The van der Waals surface area contributed by atoms with E-state index in [1.54, 1.807) is 0 Å². The van der Waals surface area contributed by atoms with Crippen molar-refractivity contribution < 1.29 is 0 Å². The van der Waals surface area contributed by atoms with Gasteiger partial charge >= 0.3 is 0 Å². The van der Waals surface area contributed by atoms with Crippen molar-refractivity contribution in [3.05, 3.63) is 28.8 Å². The van der Waals surface area contributed by atoms with E-state index in [1.807, 2.05) is 6.07 Å². The zero-order chi connectivity index (χ0) is 15.6. The molecule has 0 aliphatic carbocycles. The largest absolute Gasteiger partial charge is 0.368 e. The normalized spacial score (nSPS) is 19.6. The molecule has 21 heavy (non-hydrogen) atoms. The van der Waals surface area contributed by atoms with Gasteiger partial charge in [0.05, 0.1) is 0 Å². The Hall–Kier alpha value is -0.730. The fourth-order valence-electron chi connectivity index (χ4n) is 3.12. The Morgan fingerprint density at radius 3 is 2.67 bits per heavy atom. The highest BCUT2D eigenvalue weighted by molar-refractivity contribution is 6.30. The number of nitrogens with zero attached hydrogens (tertiary/aromatic N) is 1. The van der Waals surface area contributed by atoms with Gasteiger partial charge in [-0.15, -0.1) is 0 Å². The van der Waals surface area contributed by atoms with E-state index in [4.69, 9.17) is 11.6 Å². The first kappa shape index (κ1) is 16.6. The first-order valence-electron chi connectivity index (χ1n) is 8.08. The summed E-state index contributed by atoms with van der Waals surface area (Å²) in [5.41, 5.74) is 2.78. The molecule has 3 heteroatoms. The summed E-state index contributed by atoms with van der Waals surface area (Å²) >= 11 is 6.23. The van der Waals surface area contributed by atoms with Crippen LogP contribution in [0.15, 0.2) is 18.2 Å². The van der Waals surface area contributed by atoms with Crippen LogP contribution in [0.1, 0.15) is 53.0 Å². The minimum atomic E-state index is 0.113. The third-order valence-electron chi connectivity index (χ3n) is 4.23. The second-order valence-electron chi connectivity index (χ2n) is 7.52. The Labute approximate surface area is 134 Å². The molecule has 0 aromatic heterocycles. The van der Waals surface area contributed by atoms with Gasteiger partial charge in [0.1, 0.15) is 0 Å². The number of anilines is 1. The van der Waals surface area contributed by atoms with E-state index < -0.39 is 0 Å². The Bertz CT molecular complexity index is 477. The molecule has 1 saturated heterocycles. The average Bonchev–Trinajstić information content (AvgIpc) is 2.84. The lowest BCUT2D eigenvalue weighted by molar-refractivity contribution is 0.423. The standard InChI is InChI=1S/C18H29ClN2/c1-13(2)16-7-6-10-21(16)17-9-8-15(19)11-14(17)12-20-18(3,4)5/h8-9,11,13,16,20H,6-7,10,12H2,1-5H3. The van der Waals surface area contributed by atoms with E-state index in [2.05, 4.69) is 57.0 Å². The number of rotatable bonds is 4. The van der Waals surface area contributed by atoms with Gasteiger partial charge in [-0.25, -0.2) is 0 Å². The molecular formula is C18H29ClN2. The highest BCUT2D eigenvalue weighted by atomic mass is 35.5. The highest BCUT2D eigenvalue weighted by Gasteiger charge is 2.28. The molecule has 1 aliphatic rings. The molecule has 1 aromatic rings. The molecule has 1 aromatic carbocycles. The third kappa shape index (κ3) is 4.37. The first-order chi connectivity index (χ1) is 9.78. The van der Waals surface area contributed by atoms with Crippen LogP contribution >= 0.6 is 11.6 Å². The van der Waals surface area contributed by atoms with E-state index in [0.29, 0.717) is 12.0 Å². The van der Waals surface area contributed by atoms with Crippen molar-refractivity contribution in [2.45, 2.75) is 65.6 Å². The van der Waals surface area contributed by atoms with Crippen LogP contribution in [0.3, 0.4) is 0 Å². The molecule has 1 unspecified atom stereocenters. The summed E-state index contributed by atoms with van der Waals surface area (Å²) in [5.74, 6) is 0.687. The van der Waals surface area contributed by atoms with E-state index in [0.717, 1.165) is 18.1 Å². The molecule has 0 saturated carbocycles. The Kier molecular flexibility index (Phi) is 5.21. The minimum Gasteiger partial charge on any atom is -0.368 e. The van der Waals surface area contributed by atoms with Crippen LogP contribution in [0.2, 0.25) is 5.02 Å². The van der Waals surface area contributed by atoms with Crippen LogP contribution in [-0.2, 0) is 6.54 Å². The number of nitrogens with one attached hydrogen (secondary N) is 1. The van der Waals surface area contributed by atoms with Crippen LogP contribution in [0.25, 0.3) is 0 Å². The van der Waals surface area contributed by atoms with Gasteiger partial charge in [-0.2, -0.15) is 0 Å². The van der Waals surface area contributed by atoms with Crippen molar-refractivity contribution in [3.8, 4) is 0 Å². The van der Waals surface area contributed by atoms with Crippen molar-refractivity contribution in [1.29, 1.82) is 0 Å². The lowest BCUT2D eigenvalue weighted by Crippen LogP contribution is -2.37. The highest BCUT2D eigenvalue weighted by Crippen LogP contribution is 2.33. The molecule has 0 bridgehead atoms. The minimum absolute atomic E-state index is 0.113. The molecule has 118 valence electrons. The summed E-state index contributed by atoms with van der Waals surface area (Å²) in [4.78, 5) is 2.58. The first-order valence-corrected chi connectivity index (χ1v) is 8.46. The van der Waals surface area contributed by atoms with Crippen molar-refractivity contribution in [2.75, 3.05) is 11.4 Å². The summed E-state index contributed by atoms with van der Waals surface area (Å²) in [6.07, 6.45) is 2.59. The van der Waals surface area contributed by atoms with Crippen molar-refractivity contribution >= 4 is 17.3 Å². The van der Waals surface area contributed by atoms with Crippen molar-refractivity contribution in [2.24, 2.45) is 5.92 Å². The molecule has 0 spiro atoms. The molecule has 0 amide bonds. The number of hydrogen-bond acceptors (Lipinski definition) is 2. The zero-order valence-electron chi connectivity index (χ0n) is 14.0. The smallest absolute Gasteiger partial charge is 0.0415 e. The van der Waals surface area contributed by atoms with Gasteiger partial charge in [-0.05, 0) is 63.3 Å². The van der Waals surface area contributed by atoms with Gasteiger partial charge in [0, 0.05) is 35.4 Å². The number of hydrogen-bond donors (Lipinski definition) is 1. The Balaban J connectivity index is 2.26. The second-order valence-corrected chi connectivity index (χ2v) is 7.96. The van der Waals surface area contributed by atoms with Gasteiger partial charge in [-0.3, -0.25) is 0 Å². The van der Waals surface area contributed by atoms with Gasteiger partial charge in [-0.1, -0.05) is 25.4 Å². The summed E-state index contributed by atoms with van der Waals surface area (Å²) in [6.45, 7) is 13.3. The number of benzene rings is 1. The van der Waals surface area contributed by atoms with Gasteiger partial charge in [0.15, 0.2) is 0 Å². The summed E-state index contributed by atoms with van der Waals surface area (Å²) in [6, 6.07) is 6.99. The molecular weight excluding hydrogens is 280 g/mol. The zero-order valence-corrected chi connectivity index (χ0v) is 14.8. The second kappa shape index (κ2) is 6.58. The predicted molar refractivity (Wildman–Crippen MR) is 93.3 cm³/mol. The molecule has 1 N–H and O–H groups in total. The van der Waals surface area contributed by atoms with Gasteiger partial charge in [0.2, 0.25) is 0 Å². The fraction of sp³-hybridized carbons (Fsp3) is 0.667. The molecule has 1 aliphatic heterocycles. The fourth-order valence-corrected chi connectivity index (χ4v) is 3.32. The molecule has 1 atom stereocenters. The Morgan fingerprint density at radius 1 is 1.33 bits per heavy atom. The van der Waals surface area contributed by atoms with E-state index in [1.165, 1.54) is 24.1 Å². The van der Waals surface area contributed by atoms with E-state index >= 15 is 0 Å². The van der Waals surface area contributed by atoms with E-state index in [-0.39, 0.29) is 5.54 Å². The van der Waals surface area contributed by atoms with E-state index in [9.17, 15) is 0 Å². The predicted octanol–water partition coefficient (Wildman–Crippen LogP) is 4.85. The van der Waals surface area contributed by atoms with Crippen LogP contribution < -0.4 is 10.2 Å². The lowest BCUT2D eigenvalue weighted by atomic mass is 10.0. The summed E-state index contributed by atoms with van der Waals surface area (Å²) in [5, 5.41) is 4.41. The molecule has 1 heterocycles. The van der Waals surface area contributed by atoms with Crippen LogP contribution in [0, 0.1) is 5.92 Å². The maximum absolute atomic E-state index is 6.23. The average molecular weight is 309 g/mol. The summed E-state index contributed by atoms with van der Waals surface area (Å²) < 4.78 is 0. The quantitative estimate of drug-likeness (QED) is 0.855. The molecule has 2 rings (SSSR count). The maximum Gasteiger partial charge on any atom is 0.0415 e.